The zero-order chi connectivity index (χ0) is 22.5. The highest BCUT2D eigenvalue weighted by molar-refractivity contribution is 7.86. The molecule has 9 nitrogen and oxygen atoms in total. The molecule has 2 amide bonds. The summed E-state index contributed by atoms with van der Waals surface area (Å²) in [7, 11) is -3.59. The minimum atomic E-state index is -3.59. The van der Waals surface area contributed by atoms with Crippen LogP contribution in [0.1, 0.15) is 34.6 Å². The standard InChI is InChI=1S/C19H24Cl2N4O5S/c1-12-9-24(10-13(2)30-12)31(28,29)23-5-3-22(4-6-23)11-25-18(26)14-7-16(20)17(21)8-15(14)19(25)27/h7-8,12-13H,3-6,9-11H2,1-2H3. The smallest absolute Gasteiger partial charge is 0.282 e. The topological polar surface area (TPSA) is 90.5 Å². The molecule has 0 bridgehead atoms. The molecule has 4 rings (SSSR count). The maximum atomic E-state index is 13.0. The molecule has 2 saturated heterocycles. The van der Waals surface area contributed by atoms with Gasteiger partial charge in [0.1, 0.15) is 0 Å². The van der Waals surface area contributed by atoms with E-state index in [1.165, 1.54) is 20.7 Å². The highest BCUT2D eigenvalue weighted by Gasteiger charge is 2.40. The second kappa shape index (κ2) is 8.58. The van der Waals surface area contributed by atoms with Crippen molar-refractivity contribution in [2.24, 2.45) is 0 Å². The van der Waals surface area contributed by atoms with Gasteiger partial charge in [-0.15, -0.1) is 0 Å². The molecule has 1 aromatic rings. The molecule has 2 unspecified atom stereocenters. The Hall–Kier alpha value is -1.27. The van der Waals surface area contributed by atoms with Gasteiger partial charge in [0.15, 0.2) is 0 Å². The van der Waals surface area contributed by atoms with Gasteiger partial charge >= 0.3 is 0 Å². The summed E-state index contributed by atoms with van der Waals surface area (Å²) < 4.78 is 34.6. The van der Waals surface area contributed by atoms with E-state index in [4.69, 9.17) is 27.9 Å². The fourth-order valence-electron chi connectivity index (χ4n) is 4.20. The van der Waals surface area contributed by atoms with Crippen LogP contribution in [0.15, 0.2) is 12.1 Å². The predicted octanol–water partition coefficient (Wildman–Crippen LogP) is 1.52. The van der Waals surface area contributed by atoms with Crippen molar-refractivity contribution in [3.05, 3.63) is 33.3 Å². The number of morpholine rings is 1. The lowest BCUT2D eigenvalue weighted by atomic mass is 10.1. The number of nitrogens with zero attached hydrogens (tertiary/aromatic N) is 4. The van der Waals surface area contributed by atoms with Gasteiger partial charge in [0.05, 0.1) is 40.0 Å². The van der Waals surface area contributed by atoms with E-state index in [0.29, 0.717) is 26.2 Å². The first-order chi connectivity index (χ1) is 14.6. The van der Waals surface area contributed by atoms with E-state index in [1.807, 2.05) is 18.7 Å². The van der Waals surface area contributed by atoms with Crippen LogP contribution in [0.2, 0.25) is 10.0 Å². The number of rotatable bonds is 4. The third kappa shape index (κ3) is 4.35. The number of carbonyl (C=O) groups is 2. The number of benzene rings is 1. The molecule has 12 heteroatoms. The molecule has 0 N–H and O–H groups in total. The monoisotopic (exact) mass is 490 g/mol. The molecule has 3 heterocycles. The molecule has 170 valence electrons. The average Bonchev–Trinajstić information content (AvgIpc) is 2.92. The Morgan fingerprint density at radius 1 is 0.903 bits per heavy atom. The minimum absolute atomic E-state index is 0.0844. The van der Waals surface area contributed by atoms with Gasteiger partial charge in [-0.25, -0.2) is 0 Å². The highest BCUT2D eigenvalue weighted by Crippen LogP contribution is 2.31. The highest BCUT2D eigenvalue weighted by atomic mass is 35.5. The van der Waals surface area contributed by atoms with Gasteiger partial charge < -0.3 is 4.74 Å². The molecule has 2 atom stereocenters. The summed E-state index contributed by atoms with van der Waals surface area (Å²) in [6.45, 7) is 5.83. The van der Waals surface area contributed by atoms with Crippen molar-refractivity contribution in [3.8, 4) is 0 Å². The summed E-state index contributed by atoms with van der Waals surface area (Å²) >= 11 is 12.0. The number of hydrogen-bond acceptors (Lipinski definition) is 6. The van der Waals surface area contributed by atoms with Gasteiger partial charge in [0.2, 0.25) is 0 Å². The van der Waals surface area contributed by atoms with E-state index < -0.39 is 22.0 Å². The molecule has 0 aromatic heterocycles. The van der Waals surface area contributed by atoms with Crippen LogP contribution in [0, 0.1) is 0 Å². The number of ether oxygens (including phenoxy) is 1. The summed E-state index contributed by atoms with van der Waals surface area (Å²) in [6.07, 6.45) is -0.314. The Labute approximate surface area is 191 Å². The number of imide groups is 1. The van der Waals surface area contributed by atoms with Crippen LogP contribution >= 0.6 is 23.2 Å². The van der Waals surface area contributed by atoms with Crippen molar-refractivity contribution in [1.29, 1.82) is 0 Å². The van der Waals surface area contributed by atoms with Crippen molar-refractivity contribution in [3.63, 3.8) is 0 Å². The fraction of sp³-hybridized carbons (Fsp3) is 0.579. The second-order valence-electron chi connectivity index (χ2n) is 8.09. The van der Waals surface area contributed by atoms with Gasteiger partial charge in [-0.2, -0.15) is 17.0 Å². The van der Waals surface area contributed by atoms with E-state index >= 15 is 0 Å². The third-order valence-electron chi connectivity index (χ3n) is 5.72. The molecular formula is C19H24Cl2N4O5S. The molecule has 0 radical (unpaired) electrons. The van der Waals surface area contributed by atoms with Crippen LogP contribution < -0.4 is 0 Å². The van der Waals surface area contributed by atoms with E-state index in [1.54, 1.807) is 0 Å². The van der Waals surface area contributed by atoms with Crippen LogP contribution in [0.25, 0.3) is 0 Å². The molecule has 3 aliphatic heterocycles. The molecule has 2 fully saturated rings. The number of halogens is 2. The summed E-state index contributed by atoms with van der Waals surface area (Å²) in [5, 5.41) is 0.433. The third-order valence-corrected chi connectivity index (χ3v) is 8.41. The van der Waals surface area contributed by atoms with Gasteiger partial charge in [0, 0.05) is 39.3 Å². The van der Waals surface area contributed by atoms with Crippen LogP contribution in [0.5, 0.6) is 0 Å². The quantitative estimate of drug-likeness (QED) is 0.594. The van der Waals surface area contributed by atoms with Crippen molar-refractivity contribution < 1.29 is 22.7 Å². The first-order valence-corrected chi connectivity index (χ1v) is 12.2. The Morgan fingerprint density at radius 2 is 1.39 bits per heavy atom. The van der Waals surface area contributed by atoms with Crippen molar-refractivity contribution in [2.75, 3.05) is 45.9 Å². The first kappa shape index (κ1) is 22.9. The molecule has 0 spiro atoms. The van der Waals surface area contributed by atoms with E-state index in [0.717, 1.165) is 4.90 Å². The number of hydrogen-bond donors (Lipinski definition) is 0. The molecule has 0 aliphatic carbocycles. The number of fused-ring (bicyclic) bond motifs is 1. The second-order valence-corrected chi connectivity index (χ2v) is 10.8. The van der Waals surface area contributed by atoms with Crippen molar-refractivity contribution in [1.82, 2.24) is 18.4 Å². The summed E-state index contributed by atoms with van der Waals surface area (Å²) in [4.78, 5) is 28.4. The zero-order valence-corrected chi connectivity index (χ0v) is 19.6. The van der Waals surface area contributed by atoms with Gasteiger partial charge in [0.25, 0.3) is 22.0 Å². The van der Waals surface area contributed by atoms with E-state index in [-0.39, 0.29) is 53.1 Å². The summed E-state index contributed by atoms with van der Waals surface area (Å²) in [6, 6.07) is 2.82. The predicted molar refractivity (Wildman–Crippen MR) is 115 cm³/mol. The molecule has 1 aromatic carbocycles. The Balaban J connectivity index is 1.39. The summed E-state index contributed by atoms with van der Waals surface area (Å²) in [5.74, 6) is -0.852. The van der Waals surface area contributed by atoms with Gasteiger partial charge in [-0.3, -0.25) is 19.4 Å². The SMILES string of the molecule is CC1CN(S(=O)(=O)N2CCN(CN3C(=O)c4cc(Cl)c(Cl)cc4C3=O)CC2)CC(C)O1. The number of carbonyl (C=O) groups excluding carboxylic acids is 2. The Kier molecular flexibility index (Phi) is 6.34. The molecule has 0 saturated carbocycles. The fourth-order valence-corrected chi connectivity index (χ4v) is 6.27. The average molecular weight is 491 g/mol. The van der Waals surface area contributed by atoms with E-state index in [2.05, 4.69) is 0 Å². The molecule has 31 heavy (non-hydrogen) atoms. The lowest BCUT2D eigenvalue weighted by molar-refractivity contribution is -0.0458. The zero-order valence-electron chi connectivity index (χ0n) is 17.3. The van der Waals surface area contributed by atoms with Crippen LogP contribution in [-0.2, 0) is 14.9 Å². The Bertz CT molecular complexity index is 962. The lowest BCUT2D eigenvalue weighted by Gasteiger charge is -2.40. The molecular weight excluding hydrogens is 467 g/mol. The summed E-state index contributed by atoms with van der Waals surface area (Å²) in [5.41, 5.74) is 0.465. The Morgan fingerprint density at radius 3 is 1.87 bits per heavy atom. The van der Waals surface area contributed by atoms with Crippen molar-refractivity contribution in [2.45, 2.75) is 26.1 Å². The molecule has 3 aliphatic rings. The maximum Gasteiger partial charge on any atom is 0.282 e. The largest absolute Gasteiger partial charge is 0.373 e. The van der Waals surface area contributed by atoms with Gasteiger partial charge in [-0.1, -0.05) is 23.2 Å². The van der Waals surface area contributed by atoms with Crippen LogP contribution in [-0.4, -0.2) is 96.8 Å². The maximum absolute atomic E-state index is 13.0. The number of piperazine rings is 1. The van der Waals surface area contributed by atoms with Gasteiger partial charge in [-0.05, 0) is 26.0 Å². The van der Waals surface area contributed by atoms with E-state index in [9.17, 15) is 18.0 Å². The normalized spacial score (nSPS) is 26.5. The lowest BCUT2D eigenvalue weighted by Crippen LogP contribution is -2.58. The minimum Gasteiger partial charge on any atom is -0.373 e. The number of amides is 2. The van der Waals surface area contributed by atoms with Crippen molar-refractivity contribution >= 4 is 45.2 Å². The van der Waals surface area contributed by atoms with Crippen LogP contribution in [0.3, 0.4) is 0 Å². The first-order valence-electron chi connectivity index (χ1n) is 10.1. The van der Waals surface area contributed by atoms with Crippen LogP contribution in [0.4, 0.5) is 0 Å².